The van der Waals surface area contributed by atoms with Crippen molar-refractivity contribution < 1.29 is 79.5 Å². The highest BCUT2D eigenvalue weighted by molar-refractivity contribution is 5.09. The van der Waals surface area contributed by atoms with Crippen molar-refractivity contribution in [1.82, 2.24) is 0 Å². The van der Waals surface area contributed by atoms with Gasteiger partial charge in [-0.3, -0.25) is 0 Å². The van der Waals surface area contributed by atoms with E-state index < -0.39 is 112 Å². The van der Waals surface area contributed by atoms with E-state index >= 15 is 0 Å². The molecule has 2 bridgehead atoms. The van der Waals surface area contributed by atoms with Gasteiger partial charge in [0.2, 0.25) is 0 Å². The molecular formula is C38H64O16. The average molecular weight is 777 g/mol. The SMILES string of the molecule is C=C1CC[C@H]2CC[C@@H]1CCC[C@@H]1[C@](C)(CO[C@@H]3O[C@H](CO)[C@@H](O)[C@H](O[C@@H]4O[C@H](CO)[C@@H](O)[C@H](O)[C@H]4O)[C@H]3O[C@@H]3O[C@H](CO)[C@@H](O)[C@H](O)[C@H]3O)CCC[C@@]21C. The molecule has 16 nitrogen and oxygen atoms in total. The number of aliphatic hydroxyl groups is 10. The van der Waals surface area contributed by atoms with E-state index in [-0.39, 0.29) is 17.4 Å². The fourth-order valence-corrected chi connectivity index (χ4v) is 10.7. The molecule has 16 heteroatoms. The van der Waals surface area contributed by atoms with Gasteiger partial charge in [0.25, 0.3) is 0 Å². The molecule has 3 aliphatic heterocycles. The first kappa shape index (κ1) is 42.7. The van der Waals surface area contributed by atoms with Gasteiger partial charge in [-0.15, -0.1) is 0 Å². The molecule has 3 aliphatic carbocycles. The van der Waals surface area contributed by atoms with E-state index in [4.69, 9.17) is 28.4 Å². The van der Waals surface area contributed by atoms with Crippen LogP contribution in [-0.4, -0.2) is 170 Å². The Morgan fingerprint density at radius 2 is 1.17 bits per heavy atom. The molecule has 20 atom stereocenters. The molecule has 10 N–H and O–H groups in total. The number of rotatable bonds is 10. The Labute approximate surface area is 316 Å². The van der Waals surface area contributed by atoms with E-state index in [0.717, 1.165) is 64.2 Å². The lowest BCUT2D eigenvalue weighted by Crippen LogP contribution is -2.67. The predicted octanol–water partition coefficient (Wildman–Crippen LogP) is -1.19. The van der Waals surface area contributed by atoms with E-state index in [1.165, 1.54) is 5.57 Å². The third-order valence-electron chi connectivity index (χ3n) is 14.0. The number of ether oxygens (including phenoxy) is 6. The third-order valence-corrected chi connectivity index (χ3v) is 14.0. The molecule has 3 heterocycles. The van der Waals surface area contributed by atoms with Crippen molar-refractivity contribution in [2.24, 2.45) is 28.6 Å². The minimum atomic E-state index is -1.86. The zero-order chi connectivity index (χ0) is 39.1. The van der Waals surface area contributed by atoms with Crippen LogP contribution in [0.3, 0.4) is 0 Å². The van der Waals surface area contributed by atoms with Gasteiger partial charge in [-0.2, -0.15) is 0 Å². The Balaban J connectivity index is 1.30. The molecule has 6 rings (SSSR count). The van der Waals surface area contributed by atoms with Gasteiger partial charge in [-0.25, -0.2) is 0 Å². The number of fused-ring (bicyclic) bond motifs is 5. The Hall–Kier alpha value is -0.900. The van der Waals surface area contributed by atoms with Crippen LogP contribution in [0.2, 0.25) is 0 Å². The van der Waals surface area contributed by atoms with Gasteiger partial charge in [0, 0.05) is 0 Å². The van der Waals surface area contributed by atoms with Gasteiger partial charge in [-0.1, -0.05) is 38.8 Å². The Morgan fingerprint density at radius 1 is 0.611 bits per heavy atom. The standard InChI is InChI=1S/C38H64O16/c1-18-8-10-20-11-9-19(18)6-4-7-24-37(2,12-5-13-38(20,24)3)17-49-36-33(54-35-31(48)29(46)26(43)22(15-40)51-35)32(27(44)23(16-41)52-36)53-34-30(47)28(45)25(42)21(14-39)50-34/h19-36,39-48H,1,4-17H2,2-3H3/t19-,20-,21+,22+,23+,24+,25+,26+,27+,28-,29-,30+,31+,32-,33+,34-,35-,36+,37-,38-/m0/s1. The molecule has 0 aromatic heterocycles. The van der Waals surface area contributed by atoms with Crippen molar-refractivity contribution in [3.63, 3.8) is 0 Å². The Bertz CT molecular complexity index is 1240. The van der Waals surface area contributed by atoms with Crippen molar-refractivity contribution in [1.29, 1.82) is 0 Å². The van der Waals surface area contributed by atoms with Gasteiger partial charge in [-0.05, 0) is 80.0 Å². The van der Waals surface area contributed by atoms with Crippen molar-refractivity contribution in [2.75, 3.05) is 26.4 Å². The van der Waals surface area contributed by atoms with Crippen LogP contribution in [-0.2, 0) is 28.4 Å². The lowest BCUT2D eigenvalue weighted by Gasteiger charge is -2.56. The summed E-state index contributed by atoms with van der Waals surface area (Å²) in [4.78, 5) is 0. The summed E-state index contributed by atoms with van der Waals surface area (Å²) in [5.41, 5.74) is 1.09. The fourth-order valence-electron chi connectivity index (χ4n) is 10.7. The molecule has 0 spiro atoms. The molecule has 54 heavy (non-hydrogen) atoms. The van der Waals surface area contributed by atoms with Crippen molar-refractivity contribution in [3.8, 4) is 0 Å². The maximum Gasteiger partial charge on any atom is 0.187 e. The van der Waals surface area contributed by atoms with Gasteiger partial charge >= 0.3 is 0 Å². The Morgan fingerprint density at radius 3 is 1.76 bits per heavy atom. The van der Waals surface area contributed by atoms with Crippen LogP contribution in [0.4, 0.5) is 0 Å². The monoisotopic (exact) mass is 776 g/mol. The van der Waals surface area contributed by atoms with Gasteiger partial charge in [0.1, 0.15) is 73.2 Å². The molecular weight excluding hydrogens is 712 g/mol. The number of hydrogen-bond acceptors (Lipinski definition) is 16. The second-order valence-electron chi connectivity index (χ2n) is 17.3. The topological polar surface area (TPSA) is 258 Å². The molecule has 0 aromatic carbocycles. The first-order valence-corrected chi connectivity index (χ1v) is 19.8. The van der Waals surface area contributed by atoms with E-state index in [1.807, 2.05) is 0 Å². The zero-order valence-corrected chi connectivity index (χ0v) is 31.4. The van der Waals surface area contributed by atoms with Gasteiger partial charge < -0.3 is 79.5 Å². The van der Waals surface area contributed by atoms with E-state index in [2.05, 4.69) is 20.4 Å². The normalized spacial score (nSPS) is 51.8. The van der Waals surface area contributed by atoms with E-state index in [1.54, 1.807) is 0 Å². The lowest BCUT2D eigenvalue weighted by atomic mass is 9.50. The molecule has 0 radical (unpaired) electrons. The zero-order valence-electron chi connectivity index (χ0n) is 31.4. The predicted molar refractivity (Wildman–Crippen MR) is 187 cm³/mol. The van der Waals surface area contributed by atoms with Crippen LogP contribution < -0.4 is 0 Å². The molecule has 0 amide bonds. The molecule has 0 unspecified atom stereocenters. The van der Waals surface area contributed by atoms with Crippen LogP contribution in [0.25, 0.3) is 0 Å². The summed E-state index contributed by atoms with van der Waals surface area (Å²) in [6.45, 7) is 7.09. The van der Waals surface area contributed by atoms with Crippen LogP contribution in [0.5, 0.6) is 0 Å². The summed E-state index contributed by atoms with van der Waals surface area (Å²) in [6, 6.07) is 0. The van der Waals surface area contributed by atoms with Crippen LogP contribution >= 0.6 is 0 Å². The summed E-state index contributed by atoms with van der Waals surface area (Å²) >= 11 is 0. The summed E-state index contributed by atoms with van der Waals surface area (Å²) < 4.78 is 36.3. The molecule has 6 fully saturated rings. The molecule has 312 valence electrons. The van der Waals surface area contributed by atoms with Crippen molar-refractivity contribution in [3.05, 3.63) is 12.2 Å². The van der Waals surface area contributed by atoms with Crippen molar-refractivity contribution in [2.45, 2.75) is 170 Å². The average Bonchev–Trinajstić information content (AvgIpc) is 3.30. The second-order valence-corrected chi connectivity index (χ2v) is 17.3. The first-order valence-electron chi connectivity index (χ1n) is 19.8. The summed E-state index contributed by atoms with van der Waals surface area (Å²) in [7, 11) is 0. The molecule has 0 aromatic rings. The minimum absolute atomic E-state index is 0.0497. The highest BCUT2D eigenvalue weighted by Crippen LogP contribution is 2.60. The van der Waals surface area contributed by atoms with E-state index in [0.29, 0.717) is 17.8 Å². The number of hydrogen-bond donors (Lipinski definition) is 10. The third kappa shape index (κ3) is 8.20. The van der Waals surface area contributed by atoms with Gasteiger partial charge in [0.15, 0.2) is 18.9 Å². The van der Waals surface area contributed by atoms with Gasteiger partial charge in [0.05, 0.1) is 26.4 Å². The molecule has 3 saturated heterocycles. The maximum atomic E-state index is 11.5. The number of aliphatic hydroxyl groups excluding tert-OH is 10. The molecule has 6 aliphatic rings. The largest absolute Gasteiger partial charge is 0.394 e. The summed E-state index contributed by atoms with van der Waals surface area (Å²) in [5, 5.41) is 105. The minimum Gasteiger partial charge on any atom is -0.394 e. The van der Waals surface area contributed by atoms with Crippen LogP contribution in [0, 0.1) is 28.6 Å². The number of allylic oxidation sites excluding steroid dienone is 1. The maximum absolute atomic E-state index is 11.5. The highest BCUT2D eigenvalue weighted by atomic mass is 16.8. The lowest BCUT2D eigenvalue weighted by molar-refractivity contribution is -0.394. The smallest absolute Gasteiger partial charge is 0.187 e. The van der Waals surface area contributed by atoms with Crippen LogP contribution in [0.1, 0.15) is 78.1 Å². The molecule has 3 saturated carbocycles. The fraction of sp³-hybridized carbons (Fsp3) is 0.947. The first-order chi connectivity index (χ1) is 25.7. The summed E-state index contributed by atoms with van der Waals surface area (Å²) in [6.07, 6.45) is -13.8. The Kier molecular flexibility index (Phi) is 13.9. The van der Waals surface area contributed by atoms with Crippen molar-refractivity contribution >= 4 is 0 Å². The highest BCUT2D eigenvalue weighted by Gasteiger charge is 2.57. The summed E-state index contributed by atoms with van der Waals surface area (Å²) in [5.74, 6) is 1.36. The van der Waals surface area contributed by atoms with Crippen LogP contribution in [0.15, 0.2) is 12.2 Å². The second kappa shape index (κ2) is 17.5. The van der Waals surface area contributed by atoms with E-state index in [9.17, 15) is 51.1 Å². The quantitative estimate of drug-likeness (QED) is 0.117.